The summed E-state index contributed by atoms with van der Waals surface area (Å²) in [5.41, 5.74) is 13.0. The van der Waals surface area contributed by atoms with Crippen molar-refractivity contribution in [1.29, 1.82) is 0 Å². The normalized spacial score (nSPS) is 14.0. The second-order valence-electron chi connectivity index (χ2n) is 3.12. The number of nitrogens with zero attached hydrogens (tertiary/aromatic N) is 1. The van der Waals surface area contributed by atoms with E-state index in [0.717, 1.165) is 12.0 Å². The lowest BCUT2D eigenvalue weighted by atomic mass is 10.0. The summed E-state index contributed by atoms with van der Waals surface area (Å²) in [6.45, 7) is 2.03. The summed E-state index contributed by atoms with van der Waals surface area (Å²) < 4.78 is 0. The van der Waals surface area contributed by atoms with E-state index < -0.39 is 0 Å². The van der Waals surface area contributed by atoms with E-state index in [0.29, 0.717) is 5.56 Å². The Bertz CT molecular complexity index is 319. The van der Waals surface area contributed by atoms with Crippen LogP contribution in [0.5, 0.6) is 0 Å². The molecule has 14 heavy (non-hydrogen) atoms. The first kappa shape index (κ1) is 10.5. The monoisotopic (exact) mass is 193 g/mol. The summed E-state index contributed by atoms with van der Waals surface area (Å²) in [6.07, 6.45) is 0.892. The average molecular weight is 193 g/mol. The molecule has 0 saturated heterocycles. The molecule has 1 unspecified atom stereocenters. The minimum atomic E-state index is 0.0522. The maximum Gasteiger partial charge on any atom is 0.170 e. The van der Waals surface area contributed by atoms with Gasteiger partial charge in [0.2, 0.25) is 0 Å². The quantitative estimate of drug-likeness (QED) is 0.292. The van der Waals surface area contributed by atoms with E-state index in [1.54, 1.807) is 12.1 Å². The third-order valence-corrected chi connectivity index (χ3v) is 2.18. The Labute approximate surface area is 83.2 Å². The predicted octanol–water partition coefficient (Wildman–Crippen LogP) is 1.19. The Morgan fingerprint density at radius 1 is 1.43 bits per heavy atom. The van der Waals surface area contributed by atoms with Gasteiger partial charge in [0.15, 0.2) is 5.84 Å². The largest absolute Gasteiger partial charge is 0.409 e. The first-order valence-corrected chi connectivity index (χ1v) is 4.52. The lowest BCUT2D eigenvalue weighted by Crippen LogP contribution is -2.14. The smallest absolute Gasteiger partial charge is 0.170 e. The van der Waals surface area contributed by atoms with Crippen LogP contribution in [-0.4, -0.2) is 11.0 Å². The van der Waals surface area contributed by atoms with Crippen LogP contribution in [0.25, 0.3) is 0 Å². The van der Waals surface area contributed by atoms with Crippen LogP contribution >= 0.6 is 0 Å². The maximum absolute atomic E-state index is 8.45. The number of hydrogen-bond donors (Lipinski definition) is 3. The highest BCUT2D eigenvalue weighted by Crippen LogP contribution is 2.14. The highest BCUT2D eigenvalue weighted by molar-refractivity contribution is 5.96. The van der Waals surface area contributed by atoms with E-state index in [9.17, 15) is 0 Å². The van der Waals surface area contributed by atoms with Gasteiger partial charge in [-0.3, -0.25) is 0 Å². The fourth-order valence-corrected chi connectivity index (χ4v) is 1.19. The Morgan fingerprint density at radius 2 is 2.00 bits per heavy atom. The van der Waals surface area contributed by atoms with Crippen LogP contribution in [-0.2, 0) is 0 Å². The summed E-state index contributed by atoms with van der Waals surface area (Å²) in [5, 5.41) is 11.4. The fraction of sp³-hybridized carbons (Fsp3) is 0.300. The zero-order valence-corrected chi connectivity index (χ0v) is 8.14. The van der Waals surface area contributed by atoms with Crippen molar-refractivity contribution in [2.75, 3.05) is 0 Å². The minimum Gasteiger partial charge on any atom is -0.409 e. The van der Waals surface area contributed by atoms with Gasteiger partial charge in [0.1, 0.15) is 0 Å². The van der Waals surface area contributed by atoms with Gasteiger partial charge in [-0.1, -0.05) is 36.3 Å². The molecule has 0 spiro atoms. The van der Waals surface area contributed by atoms with Crippen LogP contribution in [0.3, 0.4) is 0 Å². The average Bonchev–Trinajstić information content (AvgIpc) is 2.27. The molecule has 1 aromatic rings. The summed E-state index contributed by atoms with van der Waals surface area (Å²) in [4.78, 5) is 0. The van der Waals surface area contributed by atoms with E-state index in [1.165, 1.54) is 0 Å². The number of benzene rings is 1. The molecule has 0 radical (unpaired) electrons. The number of amidine groups is 1. The van der Waals surface area contributed by atoms with Crippen molar-refractivity contribution in [1.82, 2.24) is 0 Å². The highest BCUT2D eigenvalue weighted by atomic mass is 16.4. The van der Waals surface area contributed by atoms with E-state index in [-0.39, 0.29) is 11.9 Å². The molecule has 0 heterocycles. The van der Waals surface area contributed by atoms with Gasteiger partial charge in [-0.2, -0.15) is 0 Å². The van der Waals surface area contributed by atoms with Crippen LogP contribution in [0.15, 0.2) is 29.4 Å². The standard InChI is InChI=1S/C10H15N3O/c1-2-9(11)7-3-5-8(6-4-7)10(12)13-14/h3-6,9,14H,2,11H2,1H3,(H2,12,13). The number of hydrogen-bond acceptors (Lipinski definition) is 3. The number of rotatable bonds is 3. The van der Waals surface area contributed by atoms with Crippen molar-refractivity contribution in [2.24, 2.45) is 16.6 Å². The number of oxime groups is 1. The van der Waals surface area contributed by atoms with Gasteiger partial charge in [-0.05, 0) is 12.0 Å². The second kappa shape index (κ2) is 4.62. The molecule has 4 nitrogen and oxygen atoms in total. The molecule has 0 aliphatic rings. The molecular formula is C10H15N3O. The zero-order valence-electron chi connectivity index (χ0n) is 8.14. The van der Waals surface area contributed by atoms with Gasteiger partial charge < -0.3 is 16.7 Å². The molecule has 0 aromatic heterocycles. The topological polar surface area (TPSA) is 84.6 Å². The van der Waals surface area contributed by atoms with Gasteiger partial charge in [0.25, 0.3) is 0 Å². The molecular weight excluding hydrogens is 178 g/mol. The first-order valence-electron chi connectivity index (χ1n) is 4.52. The van der Waals surface area contributed by atoms with Crippen molar-refractivity contribution in [3.8, 4) is 0 Å². The molecule has 76 valence electrons. The zero-order chi connectivity index (χ0) is 10.6. The van der Waals surface area contributed by atoms with Gasteiger partial charge in [-0.15, -0.1) is 0 Å². The summed E-state index contributed by atoms with van der Waals surface area (Å²) in [7, 11) is 0. The van der Waals surface area contributed by atoms with Crippen LogP contribution in [0, 0.1) is 0 Å². The van der Waals surface area contributed by atoms with Crippen LogP contribution in [0.2, 0.25) is 0 Å². The molecule has 0 saturated carbocycles. The van der Waals surface area contributed by atoms with Gasteiger partial charge in [0.05, 0.1) is 0 Å². The predicted molar refractivity (Wildman–Crippen MR) is 56.2 cm³/mol. The Kier molecular flexibility index (Phi) is 3.48. The molecule has 1 aromatic carbocycles. The van der Waals surface area contributed by atoms with E-state index in [2.05, 4.69) is 5.16 Å². The minimum absolute atomic E-state index is 0.0522. The molecule has 1 atom stereocenters. The van der Waals surface area contributed by atoms with E-state index >= 15 is 0 Å². The third-order valence-electron chi connectivity index (χ3n) is 2.18. The highest BCUT2D eigenvalue weighted by Gasteiger charge is 2.03. The Morgan fingerprint density at radius 3 is 2.43 bits per heavy atom. The Hall–Kier alpha value is -1.55. The van der Waals surface area contributed by atoms with Crippen LogP contribution in [0.1, 0.15) is 30.5 Å². The van der Waals surface area contributed by atoms with Crippen LogP contribution in [0.4, 0.5) is 0 Å². The molecule has 0 amide bonds. The summed E-state index contributed by atoms with van der Waals surface area (Å²) >= 11 is 0. The fourth-order valence-electron chi connectivity index (χ4n) is 1.19. The molecule has 0 aliphatic carbocycles. The van der Waals surface area contributed by atoms with Crippen LogP contribution < -0.4 is 11.5 Å². The number of nitrogens with two attached hydrogens (primary N) is 2. The lowest BCUT2D eigenvalue weighted by molar-refractivity contribution is 0.318. The van der Waals surface area contributed by atoms with Crippen molar-refractivity contribution in [3.05, 3.63) is 35.4 Å². The molecule has 0 bridgehead atoms. The second-order valence-corrected chi connectivity index (χ2v) is 3.12. The molecule has 4 heteroatoms. The van der Waals surface area contributed by atoms with Gasteiger partial charge >= 0.3 is 0 Å². The third kappa shape index (κ3) is 2.23. The van der Waals surface area contributed by atoms with E-state index in [1.807, 2.05) is 19.1 Å². The first-order chi connectivity index (χ1) is 6.69. The van der Waals surface area contributed by atoms with Crippen molar-refractivity contribution >= 4 is 5.84 Å². The van der Waals surface area contributed by atoms with E-state index in [4.69, 9.17) is 16.7 Å². The molecule has 0 fully saturated rings. The van der Waals surface area contributed by atoms with Crippen molar-refractivity contribution in [3.63, 3.8) is 0 Å². The summed E-state index contributed by atoms with van der Waals surface area (Å²) in [6, 6.07) is 7.42. The van der Waals surface area contributed by atoms with Gasteiger partial charge in [-0.25, -0.2) is 0 Å². The SMILES string of the molecule is CCC(N)c1ccc(/C(N)=N/O)cc1. The summed E-state index contributed by atoms with van der Waals surface area (Å²) in [5.74, 6) is 0.113. The van der Waals surface area contributed by atoms with Crippen molar-refractivity contribution < 1.29 is 5.21 Å². The van der Waals surface area contributed by atoms with Crippen molar-refractivity contribution in [2.45, 2.75) is 19.4 Å². The lowest BCUT2D eigenvalue weighted by Gasteiger charge is -2.09. The molecule has 5 N–H and O–H groups in total. The maximum atomic E-state index is 8.45. The Balaban J connectivity index is 2.89. The van der Waals surface area contributed by atoms with Gasteiger partial charge in [0, 0.05) is 11.6 Å². The molecule has 0 aliphatic heterocycles. The molecule has 1 rings (SSSR count).